The Morgan fingerprint density at radius 2 is 1.89 bits per heavy atom. The Balaban J connectivity index is 0.000000221. The number of alkyl halides is 1. The molecule has 4 rings (SSSR count). The van der Waals surface area contributed by atoms with Crippen molar-refractivity contribution in [3.63, 3.8) is 0 Å². The molecule has 0 saturated carbocycles. The molecule has 142 valence electrons. The second-order valence-electron chi connectivity index (χ2n) is 6.66. The van der Waals surface area contributed by atoms with E-state index >= 15 is 0 Å². The van der Waals surface area contributed by atoms with Crippen LogP contribution in [0.2, 0.25) is 0 Å². The first-order valence-corrected chi connectivity index (χ1v) is 9.00. The van der Waals surface area contributed by atoms with Crippen LogP contribution in [0.4, 0.5) is 4.39 Å². The molecule has 6 heteroatoms. The normalized spacial score (nSPS) is 15.2. The monoisotopic (exact) mass is 369 g/mol. The van der Waals surface area contributed by atoms with E-state index in [0.717, 1.165) is 54.7 Å². The third kappa shape index (κ3) is 4.71. The van der Waals surface area contributed by atoms with Gasteiger partial charge in [0.05, 0.1) is 7.11 Å². The van der Waals surface area contributed by atoms with E-state index < -0.39 is 6.17 Å². The standard InChI is InChI=1S/C15H12N2O2.C6H12FN/c1-19-14-4-2-13(3-5-14)17-7-6-12-8-11(10-18)9-16-15(12)17;1-8-4-2-6(7)3-5-8/h2-10H,1H3;6H,2-5H2,1H3. The molecule has 0 spiro atoms. The fraction of sp³-hybridized carbons (Fsp3) is 0.333. The summed E-state index contributed by atoms with van der Waals surface area (Å²) in [5.74, 6) is 0.816. The van der Waals surface area contributed by atoms with Crippen molar-refractivity contribution < 1.29 is 13.9 Å². The van der Waals surface area contributed by atoms with Gasteiger partial charge >= 0.3 is 0 Å². The maximum absolute atomic E-state index is 12.3. The van der Waals surface area contributed by atoms with Crippen LogP contribution in [0.25, 0.3) is 16.7 Å². The van der Waals surface area contributed by atoms with Crippen molar-refractivity contribution in [1.29, 1.82) is 0 Å². The summed E-state index contributed by atoms with van der Waals surface area (Å²) in [6.07, 6.45) is 5.26. The van der Waals surface area contributed by atoms with Gasteiger partial charge in [0.2, 0.25) is 0 Å². The maximum Gasteiger partial charge on any atom is 0.151 e. The lowest BCUT2D eigenvalue weighted by molar-refractivity contribution is 0.112. The molecule has 0 unspecified atom stereocenters. The second-order valence-corrected chi connectivity index (χ2v) is 6.66. The number of likely N-dealkylation sites (tertiary alicyclic amines) is 1. The fourth-order valence-corrected chi connectivity index (χ4v) is 3.03. The lowest BCUT2D eigenvalue weighted by atomic mass is 10.1. The van der Waals surface area contributed by atoms with Crippen molar-refractivity contribution in [1.82, 2.24) is 14.5 Å². The Morgan fingerprint density at radius 3 is 2.48 bits per heavy atom. The Hall–Kier alpha value is -2.73. The number of methoxy groups -OCH3 is 1. The highest BCUT2D eigenvalue weighted by molar-refractivity contribution is 5.85. The smallest absolute Gasteiger partial charge is 0.151 e. The molecule has 5 nitrogen and oxygen atoms in total. The molecule has 1 aliphatic rings. The SMILES string of the molecule is CN1CCC(F)CC1.COc1ccc(-n2ccc3cc(C=O)cnc32)cc1. The predicted molar refractivity (Wildman–Crippen MR) is 105 cm³/mol. The minimum absolute atomic E-state index is 0.522. The molecule has 0 bridgehead atoms. The summed E-state index contributed by atoms with van der Waals surface area (Å²) in [6.45, 7) is 1.86. The average Bonchev–Trinajstić information content (AvgIpc) is 3.14. The molecule has 0 N–H and O–H groups in total. The maximum atomic E-state index is 12.3. The summed E-state index contributed by atoms with van der Waals surface area (Å²) in [6, 6.07) is 11.5. The van der Waals surface area contributed by atoms with Crippen molar-refractivity contribution in [3.05, 3.63) is 54.4 Å². The van der Waals surface area contributed by atoms with Gasteiger partial charge in [0.15, 0.2) is 6.29 Å². The number of hydrogen-bond acceptors (Lipinski definition) is 4. The van der Waals surface area contributed by atoms with E-state index in [1.807, 2.05) is 54.2 Å². The largest absolute Gasteiger partial charge is 0.497 e. The Morgan fingerprint density at radius 1 is 1.19 bits per heavy atom. The van der Waals surface area contributed by atoms with Crippen LogP contribution in [0.5, 0.6) is 5.75 Å². The number of halogens is 1. The molecule has 1 aliphatic heterocycles. The molecule has 1 aromatic carbocycles. The Labute approximate surface area is 158 Å². The van der Waals surface area contributed by atoms with E-state index in [2.05, 4.69) is 9.88 Å². The number of rotatable bonds is 3. The number of carbonyl (C=O) groups excluding carboxylic acids is 1. The van der Waals surface area contributed by atoms with Gasteiger partial charge in [0, 0.05) is 42.1 Å². The van der Waals surface area contributed by atoms with Crippen LogP contribution in [0.1, 0.15) is 23.2 Å². The van der Waals surface area contributed by atoms with Gasteiger partial charge in [0.25, 0.3) is 0 Å². The zero-order valence-corrected chi connectivity index (χ0v) is 15.6. The molecule has 1 saturated heterocycles. The number of nitrogens with zero attached hydrogens (tertiary/aromatic N) is 3. The number of hydrogen-bond donors (Lipinski definition) is 0. The van der Waals surface area contributed by atoms with Crippen LogP contribution in [0.3, 0.4) is 0 Å². The van der Waals surface area contributed by atoms with Crippen molar-refractivity contribution in [2.24, 2.45) is 0 Å². The van der Waals surface area contributed by atoms with E-state index in [0.29, 0.717) is 5.56 Å². The zero-order chi connectivity index (χ0) is 19.2. The third-order valence-electron chi connectivity index (χ3n) is 4.68. The van der Waals surface area contributed by atoms with Gasteiger partial charge in [-0.2, -0.15) is 0 Å². The summed E-state index contributed by atoms with van der Waals surface area (Å²) < 4.78 is 19.4. The summed E-state index contributed by atoms with van der Waals surface area (Å²) in [7, 11) is 3.68. The van der Waals surface area contributed by atoms with E-state index in [-0.39, 0.29) is 0 Å². The number of benzene rings is 1. The fourth-order valence-electron chi connectivity index (χ4n) is 3.03. The molecule has 0 aliphatic carbocycles. The number of fused-ring (bicyclic) bond motifs is 1. The molecule has 27 heavy (non-hydrogen) atoms. The number of pyridine rings is 1. The van der Waals surface area contributed by atoms with Crippen LogP contribution in [0.15, 0.2) is 48.8 Å². The van der Waals surface area contributed by atoms with E-state index in [1.165, 1.54) is 0 Å². The van der Waals surface area contributed by atoms with Crippen molar-refractivity contribution >= 4 is 17.3 Å². The Kier molecular flexibility index (Phi) is 6.19. The van der Waals surface area contributed by atoms with Gasteiger partial charge in [-0.15, -0.1) is 0 Å². The first kappa shape index (κ1) is 19.0. The van der Waals surface area contributed by atoms with Gasteiger partial charge in [-0.3, -0.25) is 4.79 Å². The number of piperidine rings is 1. The van der Waals surface area contributed by atoms with Gasteiger partial charge in [-0.1, -0.05) is 0 Å². The molecule has 0 amide bonds. The van der Waals surface area contributed by atoms with Gasteiger partial charge in [0.1, 0.15) is 17.6 Å². The molecule has 0 radical (unpaired) electrons. The number of aldehydes is 1. The summed E-state index contributed by atoms with van der Waals surface area (Å²) >= 11 is 0. The van der Waals surface area contributed by atoms with Crippen molar-refractivity contribution in [3.8, 4) is 11.4 Å². The van der Waals surface area contributed by atoms with E-state index in [1.54, 1.807) is 13.3 Å². The van der Waals surface area contributed by atoms with E-state index in [4.69, 9.17) is 4.74 Å². The molecular weight excluding hydrogens is 345 g/mol. The topological polar surface area (TPSA) is 47.4 Å². The molecule has 2 aromatic heterocycles. The number of carbonyl (C=O) groups is 1. The second kappa shape index (κ2) is 8.77. The lowest BCUT2D eigenvalue weighted by Crippen LogP contribution is -2.30. The van der Waals surface area contributed by atoms with E-state index in [9.17, 15) is 9.18 Å². The van der Waals surface area contributed by atoms with Gasteiger partial charge in [-0.05, 0) is 56.3 Å². The summed E-state index contributed by atoms with van der Waals surface area (Å²) in [5, 5.41) is 0.945. The third-order valence-corrected chi connectivity index (χ3v) is 4.68. The minimum Gasteiger partial charge on any atom is -0.497 e. The molecule has 3 heterocycles. The lowest BCUT2D eigenvalue weighted by Gasteiger charge is -2.23. The average molecular weight is 369 g/mol. The zero-order valence-electron chi connectivity index (χ0n) is 15.6. The minimum atomic E-state index is -0.522. The van der Waals surface area contributed by atoms with Crippen molar-refractivity contribution in [2.75, 3.05) is 27.2 Å². The number of ether oxygens (including phenoxy) is 1. The predicted octanol–water partition coefficient (Wildman–Crippen LogP) is 3.90. The van der Waals surface area contributed by atoms with Gasteiger partial charge < -0.3 is 14.2 Å². The quantitative estimate of drug-likeness (QED) is 0.657. The molecular formula is C21H24FN3O2. The molecule has 0 atom stereocenters. The summed E-state index contributed by atoms with van der Waals surface area (Å²) in [4.78, 5) is 17.2. The Bertz CT molecular complexity index is 874. The van der Waals surface area contributed by atoms with Crippen LogP contribution in [0, 0.1) is 0 Å². The molecule has 1 fully saturated rings. The van der Waals surface area contributed by atoms with Crippen LogP contribution in [-0.4, -0.2) is 54.2 Å². The highest BCUT2D eigenvalue weighted by atomic mass is 19.1. The highest BCUT2D eigenvalue weighted by Crippen LogP contribution is 2.21. The summed E-state index contributed by atoms with van der Waals surface area (Å²) in [5.41, 5.74) is 2.41. The number of aromatic nitrogens is 2. The van der Waals surface area contributed by atoms with Crippen LogP contribution in [-0.2, 0) is 0 Å². The van der Waals surface area contributed by atoms with Crippen LogP contribution >= 0.6 is 0 Å². The van der Waals surface area contributed by atoms with Crippen molar-refractivity contribution in [2.45, 2.75) is 19.0 Å². The highest BCUT2D eigenvalue weighted by Gasteiger charge is 2.14. The van der Waals surface area contributed by atoms with Gasteiger partial charge in [-0.25, -0.2) is 9.37 Å². The van der Waals surface area contributed by atoms with Crippen LogP contribution < -0.4 is 4.74 Å². The molecule has 3 aromatic rings. The first-order chi connectivity index (χ1) is 13.1. The first-order valence-electron chi connectivity index (χ1n) is 9.00.